The molecule has 1 aliphatic rings. The molecule has 3 rings (SSSR count). The third kappa shape index (κ3) is 3.32. The quantitative estimate of drug-likeness (QED) is 0.467. The Kier molecular flexibility index (Phi) is 5.23. The van der Waals surface area contributed by atoms with Gasteiger partial charge in [-0.15, -0.1) is 11.8 Å². The first-order valence-corrected chi connectivity index (χ1v) is 8.62. The third-order valence-electron chi connectivity index (χ3n) is 3.96. The Labute approximate surface area is 145 Å². The van der Waals surface area contributed by atoms with Crippen LogP contribution in [0.1, 0.15) is 17.0 Å². The van der Waals surface area contributed by atoms with E-state index in [-0.39, 0.29) is 18.5 Å². The predicted octanol–water partition coefficient (Wildman–Crippen LogP) is 4.08. The largest absolute Gasteiger partial charge is 0.475 e. The number of carbonyl (C=O) groups is 1. The van der Waals surface area contributed by atoms with Crippen molar-refractivity contribution < 1.29 is 19.4 Å². The van der Waals surface area contributed by atoms with Gasteiger partial charge in [-0.1, -0.05) is 48.5 Å². The zero-order valence-electron chi connectivity index (χ0n) is 13.3. The Bertz CT molecular complexity index is 724. The molecule has 1 N–H and O–H groups in total. The minimum Gasteiger partial charge on any atom is -0.475 e. The van der Waals surface area contributed by atoms with Gasteiger partial charge in [-0.2, -0.15) is 0 Å². The second-order valence-electron chi connectivity index (χ2n) is 5.40. The molecule has 0 saturated heterocycles. The molecule has 2 aromatic rings. The van der Waals surface area contributed by atoms with Crippen molar-refractivity contribution in [1.29, 1.82) is 0 Å². The molecule has 2 aromatic carbocycles. The minimum absolute atomic E-state index is 0.0756. The standard InChI is InChI=1S/C19H18O4S/c1-22-12-23-18(19(20)21)11-24-10-17-15-8-4-2-6-13(15)14-7-3-5-9-16(14)17/h2-9,11,17H,10,12H2,1H3,(H,20,21)/b18-11+. The smallest absolute Gasteiger partial charge is 0.371 e. The van der Waals surface area contributed by atoms with E-state index in [1.807, 2.05) is 24.3 Å². The van der Waals surface area contributed by atoms with E-state index in [9.17, 15) is 4.79 Å². The van der Waals surface area contributed by atoms with Gasteiger partial charge >= 0.3 is 5.97 Å². The first kappa shape index (κ1) is 16.6. The summed E-state index contributed by atoms with van der Waals surface area (Å²) in [5.41, 5.74) is 5.09. The summed E-state index contributed by atoms with van der Waals surface area (Å²) in [6.45, 7) is -0.0756. The van der Waals surface area contributed by atoms with E-state index in [0.717, 1.165) is 5.75 Å². The zero-order chi connectivity index (χ0) is 16.9. The van der Waals surface area contributed by atoms with Crippen LogP contribution in [0.25, 0.3) is 11.1 Å². The van der Waals surface area contributed by atoms with Crippen LogP contribution in [0.4, 0.5) is 0 Å². The van der Waals surface area contributed by atoms with E-state index in [2.05, 4.69) is 24.3 Å². The number of rotatable bonds is 7. The molecule has 24 heavy (non-hydrogen) atoms. The molecule has 124 valence electrons. The molecular weight excluding hydrogens is 324 g/mol. The maximum absolute atomic E-state index is 11.2. The number of benzene rings is 2. The summed E-state index contributed by atoms with van der Waals surface area (Å²) in [5.74, 6) is -0.189. The van der Waals surface area contributed by atoms with Gasteiger partial charge in [0.2, 0.25) is 5.76 Å². The van der Waals surface area contributed by atoms with E-state index in [4.69, 9.17) is 14.6 Å². The lowest BCUT2D eigenvalue weighted by Crippen LogP contribution is -2.07. The maximum atomic E-state index is 11.2. The van der Waals surface area contributed by atoms with Crippen molar-refractivity contribution in [3.05, 3.63) is 70.8 Å². The number of hydrogen-bond acceptors (Lipinski definition) is 4. The number of hydrogen-bond donors (Lipinski definition) is 1. The average Bonchev–Trinajstić information content (AvgIpc) is 2.92. The van der Waals surface area contributed by atoms with Gasteiger partial charge in [-0.05, 0) is 22.3 Å². The van der Waals surface area contributed by atoms with Crippen molar-refractivity contribution in [3.8, 4) is 11.1 Å². The van der Waals surface area contributed by atoms with Gasteiger partial charge in [0.05, 0.1) is 0 Å². The molecule has 0 atom stereocenters. The molecule has 1 aliphatic carbocycles. The summed E-state index contributed by atoms with van der Waals surface area (Å²) >= 11 is 1.44. The highest BCUT2D eigenvalue weighted by Crippen LogP contribution is 2.45. The lowest BCUT2D eigenvalue weighted by molar-refractivity contribution is -0.138. The molecule has 0 bridgehead atoms. The lowest BCUT2D eigenvalue weighted by Gasteiger charge is -2.12. The first-order chi connectivity index (χ1) is 11.7. The molecule has 4 nitrogen and oxygen atoms in total. The second kappa shape index (κ2) is 7.55. The molecule has 5 heteroatoms. The van der Waals surface area contributed by atoms with Crippen LogP contribution in [0, 0.1) is 0 Å². The summed E-state index contributed by atoms with van der Waals surface area (Å²) in [6.07, 6.45) is 0. The van der Waals surface area contributed by atoms with E-state index in [1.165, 1.54) is 41.1 Å². The van der Waals surface area contributed by atoms with Crippen molar-refractivity contribution >= 4 is 17.7 Å². The zero-order valence-corrected chi connectivity index (χ0v) is 14.1. The lowest BCUT2D eigenvalue weighted by atomic mass is 9.99. The normalized spacial score (nSPS) is 13.5. The number of aliphatic carboxylic acids is 1. The fraction of sp³-hybridized carbons (Fsp3) is 0.211. The van der Waals surface area contributed by atoms with Crippen molar-refractivity contribution in [2.45, 2.75) is 5.92 Å². The molecule has 0 unspecified atom stereocenters. The summed E-state index contributed by atoms with van der Waals surface area (Å²) < 4.78 is 9.83. The molecular formula is C19H18O4S. The van der Waals surface area contributed by atoms with Gasteiger partial charge in [0, 0.05) is 24.2 Å². The Morgan fingerprint density at radius 3 is 2.25 bits per heavy atom. The van der Waals surface area contributed by atoms with E-state index in [1.54, 1.807) is 5.41 Å². The number of methoxy groups -OCH3 is 1. The first-order valence-electron chi connectivity index (χ1n) is 7.57. The van der Waals surface area contributed by atoms with Crippen LogP contribution in [0.2, 0.25) is 0 Å². The van der Waals surface area contributed by atoms with E-state index < -0.39 is 5.97 Å². The van der Waals surface area contributed by atoms with Gasteiger partial charge in [0.25, 0.3) is 0 Å². The maximum Gasteiger partial charge on any atom is 0.371 e. The number of fused-ring (bicyclic) bond motifs is 3. The van der Waals surface area contributed by atoms with Gasteiger partial charge in [-0.25, -0.2) is 4.79 Å². The van der Waals surface area contributed by atoms with Crippen LogP contribution < -0.4 is 0 Å². The Morgan fingerprint density at radius 1 is 1.12 bits per heavy atom. The number of thioether (sulfide) groups is 1. The number of carboxylic acids is 1. The highest BCUT2D eigenvalue weighted by Gasteiger charge is 2.27. The second-order valence-corrected chi connectivity index (χ2v) is 6.30. The molecule has 0 aliphatic heterocycles. The fourth-order valence-corrected chi connectivity index (χ4v) is 3.90. The fourth-order valence-electron chi connectivity index (χ4n) is 2.93. The Balaban J connectivity index is 1.79. The van der Waals surface area contributed by atoms with Crippen LogP contribution in [0.15, 0.2) is 59.7 Å². The van der Waals surface area contributed by atoms with Gasteiger partial charge in [0.15, 0.2) is 6.79 Å². The van der Waals surface area contributed by atoms with Crippen LogP contribution in [-0.4, -0.2) is 30.7 Å². The molecule has 0 radical (unpaired) electrons. The summed E-state index contributed by atoms with van der Waals surface area (Å²) in [5, 5.41) is 10.7. The van der Waals surface area contributed by atoms with Crippen LogP contribution >= 0.6 is 11.8 Å². The topological polar surface area (TPSA) is 55.8 Å². The van der Waals surface area contributed by atoms with Crippen LogP contribution in [-0.2, 0) is 14.3 Å². The monoisotopic (exact) mass is 342 g/mol. The van der Waals surface area contributed by atoms with Crippen molar-refractivity contribution in [1.82, 2.24) is 0 Å². The highest BCUT2D eigenvalue weighted by atomic mass is 32.2. The highest BCUT2D eigenvalue weighted by molar-refractivity contribution is 8.02. The number of carboxylic acid groups (broad SMARTS) is 1. The van der Waals surface area contributed by atoms with Crippen molar-refractivity contribution in [3.63, 3.8) is 0 Å². The molecule has 0 saturated carbocycles. The third-order valence-corrected chi connectivity index (χ3v) is 4.87. The van der Waals surface area contributed by atoms with E-state index in [0.29, 0.717) is 0 Å². The molecule has 0 amide bonds. The van der Waals surface area contributed by atoms with Crippen LogP contribution in [0.5, 0.6) is 0 Å². The SMILES string of the molecule is COCO/C(=C/SCC1c2ccccc2-c2ccccc21)C(=O)O. The van der Waals surface area contributed by atoms with E-state index >= 15 is 0 Å². The predicted molar refractivity (Wildman–Crippen MR) is 94.9 cm³/mol. The molecule has 0 aromatic heterocycles. The Hall–Kier alpha value is -2.24. The average molecular weight is 342 g/mol. The van der Waals surface area contributed by atoms with Gasteiger partial charge in [0.1, 0.15) is 0 Å². The van der Waals surface area contributed by atoms with Crippen LogP contribution in [0.3, 0.4) is 0 Å². The molecule has 0 fully saturated rings. The molecule has 0 heterocycles. The summed E-state index contributed by atoms with van der Waals surface area (Å²) in [7, 11) is 1.46. The molecule has 0 spiro atoms. The summed E-state index contributed by atoms with van der Waals surface area (Å²) in [4.78, 5) is 11.2. The summed E-state index contributed by atoms with van der Waals surface area (Å²) in [6, 6.07) is 16.7. The van der Waals surface area contributed by atoms with Crippen molar-refractivity contribution in [2.24, 2.45) is 0 Å². The Morgan fingerprint density at radius 2 is 1.71 bits per heavy atom. The number of ether oxygens (including phenoxy) is 2. The van der Waals surface area contributed by atoms with Gasteiger partial charge in [-0.3, -0.25) is 0 Å². The van der Waals surface area contributed by atoms with Crippen molar-refractivity contribution in [2.75, 3.05) is 19.7 Å². The van der Waals surface area contributed by atoms with Gasteiger partial charge < -0.3 is 14.6 Å². The minimum atomic E-state index is -1.09.